The molecule has 2 rings (SSSR count). The molecule has 1 aromatic carbocycles. The standard InChI is InChI=1S/C14H19N3/c1-3-6-15-10-13-4-5-14(9-12(13)2)17-8-7-16-11-17/h4-5,7-9,11,15H,3,6,10H2,1-2H3. The van der Waals surface area contributed by atoms with Gasteiger partial charge in [-0.15, -0.1) is 0 Å². The van der Waals surface area contributed by atoms with E-state index in [2.05, 4.69) is 42.3 Å². The van der Waals surface area contributed by atoms with Crippen molar-refractivity contribution in [3.63, 3.8) is 0 Å². The van der Waals surface area contributed by atoms with Gasteiger partial charge in [-0.2, -0.15) is 0 Å². The minimum Gasteiger partial charge on any atom is -0.313 e. The number of nitrogens with zero attached hydrogens (tertiary/aromatic N) is 2. The molecule has 0 aliphatic rings. The normalized spacial score (nSPS) is 10.7. The summed E-state index contributed by atoms with van der Waals surface area (Å²) in [5.74, 6) is 0. The van der Waals surface area contributed by atoms with Crippen molar-refractivity contribution in [2.45, 2.75) is 26.8 Å². The summed E-state index contributed by atoms with van der Waals surface area (Å²) in [4.78, 5) is 4.06. The van der Waals surface area contributed by atoms with Gasteiger partial charge in [0.05, 0.1) is 6.33 Å². The van der Waals surface area contributed by atoms with E-state index in [1.807, 2.05) is 17.1 Å². The SMILES string of the molecule is CCCNCc1ccc(-n2ccnc2)cc1C. The molecule has 0 radical (unpaired) electrons. The van der Waals surface area contributed by atoms with Gasteiger partial charge in [0.1, 0.15) is 0 Å². The molecule has 1 N–H and O–H groups in total. The highest BCUT2D eigenvalue weighted by Gasteiger charge is 2.01. The smallest absolute Gasteiger partial charge is 0.0991 e. The highest BCUT2D eigenvalue weighted by Crippen LogP contribution is 2.14. The van der Waals surface area contributed by atoms with E-state index in [9.17, 15) is 0 Å². The Balaban J connectivity index is 2.12. The van der Waals surface area contributed by atoms with Crippen molar-refractivity contribution in [3.8, 4) is 5.69 Å². The van der Waals surface area contributed by atoms with Crippen LogP contribution in [0.5, 0.6) is 0 Å². The zero-order chi connectivity index (χ0) is 12.1. The van der Waals surface area contributed by atoms with Crippen molar-refractivity contribution in [2.75, 3.05) is 6.54 Å². The quantitative estimate of drug-likeness (QED) is 0.799. The van der Waals surface area contributed by atoms with Crippen LogP contribution in [0, 0.1) is 6.92 Å². The average molecular weight is 229 g/mol. The van der Waals surface area contributed by atoms with Crippen LogP contribution in [0.4, 0.5) is 0 Å². The number of nitrogens with one attached hydrogen (secondary N) is 1. The van der Waals surface area contributed by atoms with Gasteiger partial charge in [-0.25, -0.2) is 4.98 Å². The minimum atomic E-state index is 0.948. The van der Waals surface area contributed by atoms with Crippen LogP contribution in [0.15, 0.2) is 36.9 Å². The molecule has 0 saturated carbocycles. The highest BCUT2D eigenvalue weighted by atomic mass is 15.0. The van der Waals surface area contributed by atoms with Crippen molar-refractivity contribution in [3.05, 3.63) is 48.0 Å². The molecule has 3 nitrogen and oxygen atoms in total. The van der Waals surface area contributed by atoms with Gasteiger partial charge in [-0.05, 0) is 43.1 Å². The Bertz CT molecular complexity index is 460. The zero-order valence-electron chi connectivity index (χ0n) is 10.5. The summed E-state index contributed by atoms with van der Waals surface area (Å²) < 4.78 is 2.02. The van der Waals surface area contributed by atoms with Gasteiger partial charge < -0.3 is 9.88 Å². The summed E-state index contributed by atoms with van der Waals surface area (Å²) in [5.41, 5.74) is 3.85. The number of aryl methyl sites for hydroxylation is 1. The van der Waals surface area contributed by atoms with Crippen LogP contribution >= 0.6 is 0 Å². The van der Waals surface area contributed by atoms with Gasteiger partial charge in [0.2, 0.25) is 0 Å². The lowest BCUT2D eigenvalue weighted by Gasteiger charge is -2.09. The predicted octanol–water partition coefficient (Wildman–Crippen LogP) is 2.68. The third kappa shape index (κ3) is 2.94. The molecule has 90 valence electrons. The molecule has 0 saturated heterocycles. The second-order valence-electron chi connectivity index (χ2n) is 4.26. The number of hydrogen-bond acceptors (Lipinski definition) is 2. The molecule has 0 aliphatic carbocycles. The van der Waals surface area contributed by atoms with Crippen LogP contribution in [0.3, 0.4) is 0 Å². The van der Waals surface area contributed by atoms with E-state index in [-0.39, 0.29) is 0 Å². The first-order valence-corrected chi connectivity index (χ1v) is 6.10. The molecule has 0 bridgehead atoms. The molecule has 0 atom stereocenters. The first kappa shape index (κ1) is 11.9. The fourth-order valence-corrected chi connectivity index (χ4v) is 1.85. The Morgan fingerprint density at radius 2 is 2.24 bits per heavy atom. The van der Waals surface area contributed by atoms with Crippen LogP contribution in [-0.4, -0.2) is 16.1 Å². The van der Waals surface area contributed by atoms with Crippen LogP contribution in [0.2, 0.25) is 0 Å². The van der Waals surface area contributed by atoms with Crippen molar-refractivity contribution in [1.82, 2.24) is 14.9 Å². The van der Waals surface area contributed by atoms with E-state index in [0.717, 1.165) is 13.1 Å². The second-order valence-corrected chi connectivity index (χ2v) is 4.26. The van der Waals surface area contributed by atoms with Gasteiger partial charge in [-0.1, -0.05) is 13.0 Å². The van der Waals surface area contributed by atoms with E-state index < -0.39 is 0 Å². The monoisotopic (exact) mass is 229 g/mol. The Kier molecular flexibility index (Phi) is 3.94. The molecule has 0 amide bonds. The lowest BCUT2D eigenvalue weighted by molar-refractivity contribution is 0.673. The van der Waals surface area contributed by atoms with Gasteiger partial charge >= 0.3 is 0 Å². The number of benzene rings is 1. The molecule has 17 heavy (non-hydrogen) atoms. The van der Waals surface area contributed by atoms with E-state index in [4.69, 9.17) is 0 Å². The van der Waals surface area contributed by atoms with Gasteiger partial charge in [-0.3, -0.25) is 0 Å². The minimum absolute atomic E-state index is 0.948. The lowest BCUT2D eigenvalue weighted by atomic mass is 10.1. The third-order valence-corrected chi connectivity index (χ3v) is 2.87. The first-order chi connectivity index (χ1) is 8.31. The number of aromatic nitrogens is 2. The van der Waals surface area contributed by atoms with Crippen LogP contribution in [0.1, 0.15) is 24.5 Å². The van der Waals surface area contributed by atoms with Crippen molar-refractivity contribution >= 4 is 0 Å². The predicted molar refractivity (Wildman–Crippen MR) is 70.3 cm³/mol. The Hall–Kier alpha value is -1.61. The maximum Gasteiger partial charge on any atom is 0.0991 e. The zero-order valence-corrected chi connectivity index (χ0v) is 10.5. The van der Waals surface area contributed by atoms with Crippen molar-refractivity contribution < 1.29 is 0 Å². The largest absolute Gasteiger partial charge is 0.313 e. The molecule has 0 aliphatic heterocycles. The van der Waals surface area contributed by atoms with E-state index >= 15 is 0 Å². The Morgan fingerprint density at radius 3 is 2.88 bits per heavy atom. The number of imidazole rings is 1. The Labute approximate surface area is 103 Å². The van der Waals surface area contributed by atoms with Crippen LogP contribution < -0.4 is 5.32 Å². The van der Waals surface area contributed by atoms with Crippen LogP contribution in [-0.2, 0) is 6.54 Å². The second kappa shape index (κ2) is 5.64. The van der Waals surface area contributed by atoms with E-state index in [0.29, 0.717) is 0 Å². The van der Waals surface area contributed by atoms with E-state index in [1.165, 1.54) is 23.2 Å². The molecular weight excluding hydrogens is 210 g/mol. The molecule has 3 heteroatoms. The van der Waals surface area contributed by atoms with Crippen molar-refractivity contribution in [1.29, 1.82) is 0 Å². The average Bonchev–Trinajstić information content (AvgIpc) is 2.85. The molecule has 0 fully saturated rings. The molecule has 2 aromatic rings. The molecule has 0 spiro atoms. The summed E-state index contributed by atoms with van der Waals surface area (Å²) in [6, 6.07) is 6.52. The van der Waals surface area contributed by atoms with E-state index in [1.54, 1.807) is 6.20 Å². The van der Waals surface area contributed by atoms with Gasteiger partial charge in [0, 0.05) is 24.6 Å². The first-order valence-electron chi connectivity index (χ1n) is 6.10. The third-order valence-electron chi connectivity index (χ3n) is 2.87. The summed E-state index contributed by atoms with van der Waals surface area (Å²) in [6.07, 6.45) is 6.76. The van der Waals surface area contributed by atoms with Gasteiger partial charge in [0.25, 0.3) is 0 Å². The summed E-state index contributed by atoms with van der Waals surface area (Å²) in [5, 5.41) is 3.43. The lowest BCUT2D eigenvalue weighted by Crippen LogP contribution is -2.14. The fourth-order valence-electron chi connectivity index (χ4n) is 1.85. The highest BCUT2D eigenvalue weighted by molar-refractivity contribution is 5.40. The molecular formula is C14H19N3. The van der Waals surface area contributed by atoms with Gasteiger partial charge in [0.15, 0.2) is 0 Å². The number of rotatable bonds is 5. The van der Waals surface area contributed by atoms with Crippen molar-refractivity contribution in [2.24, 2.45) is 0 Å². The fraction of sp³-hybridized carbons (Fsp3) is 0.357. The maximum absolute atomic E-state index is 4.06. The van der Waals surface area contributed by atoms with Crippen LogP contribution in [0.25, 0.3) is 5.69 Å². The summed E-state index contributed by atoms with van der Waals surface area (Å²) in [7, 11) is 0. The molecule has 1 aromatic heterocycles. The topological polar surface area (TPSA) is 29.9 Å². The summed E-state index contributed by atoms with van der Waals surface area (Å²) in [6.45, 7) is 6.36. The maximum atomic E-state index is 4.06. The summed E-state index contributed by atoms with van der Waals surface area (Å²) >= 11 is 0. The number of hydrogen-bond donors (Lipinski definition) is 1. The molecule has 0 unspecified atom stereocenters. The Morgan fingerprint density at radius 1 is 1.35 bits per heavy atom. The molecule has 1 heterocycles.